The van der Waals surface area contributed by atoms with Crippen molar-refractivity contribution in [3.05, 3.63) is 0 Å². The predicted octanol–water partition coefficient (Wildman–Crippen LogP) is -2.35. The zero-order valence-corrected chi connectivity index (χ0v) is 6.21. The minimum absolute atomic E-state index is 0. The van der Waals surface area contributed by atoms with Crippen molar-refractivity contribution in [2.45, 2.75) is 19.3 Å². The molecule has 0 amide bonds. The largest absolute Gasteiger partial charge is 2.00 e. The maximum Gasteiger partial charge on any atom is 2.00 e. The van der Waals surface area contributed by atoms with Gasteiger partial charge < -0.3 is 19.8 Å². The molecule has 0 aliphatic heterocycles. The Bertz CT molecular complexity index is 109. The van der Waals surface area contributed by atoms with Crippen LogP contribution in [0.2, 0.25) is 0 Å². The van der Waals surface area contributed by atoms with E-state index in [1.165, 1.54) is 0 Å². The first-order valence-electron chi connectivity index (χ1n) is 2.52. The molecule has 0 fully saturated rings. The Balaban J connectivity index is 0. The molecule has 0 spiro atoms. The standard InChI is InChI=1S/C5H8O4.Fe/c6-4(7)2-1-3-5(8)9;/h1-3H2,(H,6,7)(H,8,9);/q;+2/p-2. The number of carbonyl (C=O) groups excluding carboxylic acids is 2. The molecule has 0 rings (SSSR count). The van der Waals surface area contributed by atoms with Gasteiger partial charge in [0.25, 0.3) is 0 Å². The van der Waals surface area contributed by atoms with Gasteiger partial charge in [-0.2, -0.15) is 0 Å². The number of aliphatic carboxylic acids is 2. The first-order chi connectivity index (χ1) is 4.13. The van der Waals surface area contributed by atoms with Crippen LogP contribution in [0.4, 0.5) is 0 Å². The van der Waals surface area contributed by atoms with Crippen LogP contribution in [0.5, 0.6) is 0 Å². The maximum absolute atomic E-state index is 9.66. The number of hydrogen-bond donors (Lipinski definition) is 0. The van der Waals surface area contributed by atoms with Gasteiger partial charge in [0, 0.05) is 11.9 Å². The van der Waals surface area contributed by atoms with Crippen LogP contribution in [0.3, 0.4) is 0 Å². The summed E-state index contributed by atoms with van der Waals surface area (Å²) in [6, 6.07) is 0. The van der Waals surface area contributed by atoms with Crippen LogP contribution >= 0.6 is 0 Å². The van der Waals surface area contributed by atoms with Gasteiger partial charge in [0.2, 0.25) is 0 Å². The summed E-state index contributed by atoms with van der Waals surface area (Å²) in [5, 5.41) is 19.3. The number of carbonyl (C=O) groups is 2. The van der Waals surface area contributed by atoms with Crippen LogP contribution in [0, 0.1) is 0 Å². The Morgan fingerprint density at radius 3 is 1.50 bits per heavy atom. The number of rotatable bonds is 4. The van der Waals surface area contributed by atoms with E-state index in [1.807, 2.05) is 0 Å². The third kappa shape index (κ3) is 10.4. The summed E-state index contributed by atoms with van der Waals surface area (Å²) < 4.78 is 0. The van der Waals surface area contributed by atoms with Crippen LogP contribution in [-0.4, -0.2) is 11.9 Å². The summed E-state index contributed by atoms with van der Waals surface area (Å²) in [5.74, 6) is -2.45. The van der Waals surface area contributed by atoms with Crippen molar-refractivity contribution < 1.29 is 36.9 Å². The fraction of sp³-hybridized carbons (Fsp3) is 0.600. The molecule has 4 nitrogen and oxygen atoms in total. The Morgan fingerprint density at radius 2 is 1.30 bits per heavy atom. The molecule has 0 aromatic carbocycles. The molecule has 0 aromatic heterocycles. The molecule has 0 aliphatic rings. The van der Waals surface area contributed by atoms with E-state index in [4.69, 9.17) is 0 Å². The average Bonchev–Trinajstić information content (AvgIpc) is 1.63. The second-order valence-corrected chi connectivity index (χ2v) is 1.60. The molecule has 0 N–H and O–H groups in total. The Morgan fingerprint density at radius 1 is 1.00 bits per heavy atom. The third-order valence-corrected chi connectivity index (χ3v) is 0.762. The molecule has 0 saturated carbocycles. The van der Waals surface area contributed by atoms with Gasteiger partial charge in [0.05, 0.1) is 0 Å². The zero-order valence-electron chi connectivity index (χ0n) is 5.11. The summed E-state index contributed by atoms with van der Waals surface area (Å²) in [6.45, 7) is 0. The van der Waals surface area contributed by atoms with Crippen LogP contribution < -0.4 is 10.2 Å². The van der Waals surface area contributed by atoms with Crippen LogP contribution in [0.1, 0.15) is 19.3 Å². The topological polar surface area (TPSA) is 80.3 Å². The molecule has 58 valence electrons. The van der Waals surface area contributed by atoms with Gasteiger partial charge in [-0.05, 0) is 19.3 Å². The van der Waals surface area contributed by atoms with E-state index < -0.39 is 11.9 Å². The van der Waals surface area contributed by atoms with E-state index in [1.54, 1.807) is 0 Å². The Labute approximate surface area is 68.7 Å². The van der Waals surface area contributed by atoms with Gasteiger partial charge in [-0.15, -0.1) is 0 Å². The molecule has 0 unspecified atom stereocenters. The third-order valence-electron chi connectivity index (χ3n) is 0.762. The van der Waals surface area contributed by atoms with Gasteiger partial charge in [-0.25, -0.2) is 0 Å². The normalized spacial score (nSPS) is 8.00. The molecule has 0 bridgehead atoms. The van der Waals surface area contributed by atoms with Crippen LogP contribution in [-0.2, 0) is 26.7 Å². The fourth-order valence-corrected chi connectivity index (χ4v) is 0.377. The van der Waals surface area contributed by atoms with Crippen molar-refractivity contribution in [1.82, 2.24) is 0 Å². The van der Waals surface area contributed by atoms with Gasteiger partial charge in [-0.3, -0.25) is 0 Å². The molecule has 10 heavy (non-hydrogen) atoms. The zero-order chi connectivity index (χ0) is 7.28. The summed E-state index contributed by atoms with van der Waals surface area (Å²) in [5.41, 5.74) is 0. The smallest absolute Gasteiger partial charge is 0.550 e. The van der Waals surface area contributed by atoms with Crippen molar-refractivity contribution in [2.24, 2.45) is 0 Å². The summed E-state index contributed by atoms with van der Waals surface area (Å²) in [4.78, 5) is 19.3. The first kappa shape index (κ1) is 12.2. The molecular formula is C5H6FeO4. The predicted molar refractivity (Wildman–Crippen MR) is 23.9 cm³/mol. The summed E-state index contributed by atoms with van der Waals surface area (Å²) in [6.07, 6.45) is -0.341. The number of carboxylic acids is 2. The monoisotopic (exact) mass is 186 g/mol. The Kier molecular flexibility index (Phi) is 8.00. The number of hydrogen-bond acceptors (Lipinski definition) is 4. The number of carboxylic acid groups (broad SMARTS) is 2. The van der Waals surface area contributed by atoms with Crippen molar-refractivity contribution in [1.29, 1.82) is 0 Å². The van der Waals surface area contributed by atoms with E-state index in [9.17, 15) is 19.8 Å². The Hall–Kier alpha value is -0.541. The minimum atomic E-state index is -1.23. The molecule has 0 radical (unpaired) electrons. The fourth-order valence-electron chi connectivity index (χ4n) is 0.377. The molecule has 0 saturated heterocycles. The first-order valence-corrected chi connectivity index (χ1v) is 2.52. The van der Waals surface area contributed by atoms with Crippen LogP contribution in [0.15, 0.2) is 0 Å². The molecule has 0 heterocycles. The summed E-state index contributed by atoms with van der Waals surface area (Å²) >= 11 is 0. The summed E-state index contributed by atoms with van der Waals surface area (Å²) in [7, 11) is 0. The second-order valence-electron chi connectivity index (χ2n) is 1.60. The molecule has 5 heteroatoms. The molecule has 0 aromatic rings. The van der Waals surface area contributed by atoms with Crippen molar-refractivity contribution in [3.63, 3.8) is 0 Å². The average molecular weight is 186 g/mol. The van der Waals surface area contributed by atoms with Crippen LogP contribution in [0.25, 0.3) is 0 Å². The van der Waals surface area contributed by atoms with E-state index in [0.29, 0.717) is 0 Å². The van der Waals surface area contributed by atoms with Gasteiger partial charge in [0.1, 0.15) is 0 Å². The van der Waals surface area contributed by atoms with Gasteiger partial charge >= 0.3 is 17.1 Å². The van der Waals surface area contributed by atoms with E-state index in [0.717, 1.165) is 0 Å². The maximum atomic E-state index is 9.66. The van der Waals surface area contributed by atoms with E-state index in [-0.39, 0.29) is 36.3 Å². The molecular weight excluding hydrogens is 180 g/mol. The SMILES string of the molecule is O=C([O-])CCCC(=O)[O-].[Fe+2]. The molecule has 0 aliphatic carbocycles. The van der Waals surface area contributed by atoms with Crippen molar-refractivity contribution >= 4 is 11.9 Å². The molecule has 0 atom stereocenters. The van der Waals surface area contributed by atoms with Crippen molar-refractivity contribution in [2.75, 3.05) is 0 Å². The van der Waals surface area contributed by atoms with E-state index >= 15 is 0 Å². The second kappa shape index (κ2) is 6.58. The quantitative estimate of drug-likeness (QED) is 0.460. The minimum Gasteiger partial charge on any atom is -0.550 e. The van der Waals surface area contributed by atoms with E-state index in [2.05, 4.69) is 0 Å². The van der Waals surface area contributed by atoms with Gasteiger partial charge in [0.15, 0.2) is 0 Å². The van der Waals surface area contributed by atoms with Gasteiger partial charge in [-0.1, -0.05) is 0 Å². The van der Waals surface area contributed by atoms with Crippen molar-refractivity contribution in [3.8, 4) is 0 Å².